The van der Waals surface area contributed by atoms with Crippen LogP contribution in [0.25, 0.3) is 0 Å². The molecule has 6 nitrogen and oxygen atoms in total. The monoisotopic (exact) mass is 294 g/mol. The first-order chi connectivity index (χ1) is 8.45. The van der Waals surface area contributed by atoms with Gasteiger partial charge < -0.3 is 0 Å². The van der Waals surface area contributed by atoms with Crippen LogP contribution in [0.4, 0.5) is 0 Å². The molecule has 1 aliphatic carbocycles. The van der Waals surface area contributed by atoms with Crippen molar-refractivity contribution in [1.29, 1.82) is 0 Å². The number of halogens is 1. The number of nitrogens with zero attached hydrogens (tertiary/aromatic N) is 1. The second-order valence-electron chi connectivity index (χ2n) is 5.46. The maximum Gasteiger partial charge on any atom is 0.178 e. The third-order valence-corrected chi connectivity index (χ3v) is 5.65. The minimum atomic E-state index is -3.14. The van der Waals surface area contributed by atoms with Crippen molar-refractivity contribution in [3.63, 3.8) is 0 Å². The molecule has 18 heavy (non-hydrogen) atoms. The Bertz CT molecular complexity index is 432. The molecule has 3 N–H and O–H groups in total. The average Bonchev–Trinajstić information content (AvgIpc) is 2.69. The Labute approximate surface area is 112 Å². The number of hydrazine groups is 1. The van der Waals surface area contributed by atoms with Crippen LogP contribution in [-0.4, -0.2) is 49.4 Å². The smallest absolute Gasteiger partial charge is 0.178 e. The summed E-state index contributed by atoms with van der Waals surface area (Å²) in [5, 5.41) is 8.56. The standard InChI is InChI=1S/C10H19ClN4O2S/c1-18(16,17)10-13-9-12-8-6(5-15(9)14-10)3-2-4-7(8)11/h6-10,12-14H,2-5H2,1H3. The molecule has 0 bridgehead atoms. The first-order valence-corrected chi connectivity index (χ1v) is 8.72. The number of nitrogens with one attached hydrogen (secondary N) is 3. The fourth-order valence-corrected chi connectivity index (χ4v) is 4.26. The molecule has 0 spiro atoms. The van der Waals surface area contributed by atoms with E-state index in [0.29, 0.717) is 5.92 Å². The van der Waals surface area contributed by atoms with Crippen LogP contribution in [0.15, 0.2) is 0 Å². The molecule has 2 aliphatic heterocycles. The van der Waals surface area contributed by atoms with E-state index in [1.165, 1.54) is 6.26 Å². The lowest BCUT2D eigenvalue weighted by molar-refractivity contribution is 0.0349. The third kappa shape index (κ3) is 2.28. The van der Waals surface area contributed by atoms with Crippen LogP contribution in [0.1, 0.15) is 19.3 Å². The summed E-state index contributed by atoms with van der Waals surface area (Å²) in [5.41, 5.74) is 2.30. The quantitative estimate of drug-likeness (QED) is 0.560. The number of sulfone groups is 1. The third-order valence-electron chi connectivity index (χ3n) is 4.07. The number of fused-ring (bicyclic) bond motifs is 2. The zero-order chi connectivity index (χ0) is 12.9. The van der Waals surface area contributed by atoms with E-state index in [2.05, 4.69) is 16.1 Å². The Balaban J connectivity index is 1.74. The van der Waals surface area contributed by atoms with Gasteiger partial charge in [0, 0.05) is 24.2 Å². The van der Waals surface area contributed by atoms with Gasteiger partial charge in [0.1, 0.15) is 6.29 Å². The Morgan fingerprint density at radius 1 is 1.28 bits per heavy atom. The molecule has 0 aromatic heterocycles. The van der Waals surface area contributed by atoms with Gasteiger partial charge in [-0.3, -0.25) is 10.6 Å². The van der Waals surface area contributed by atoms with Crippen LogP contribution in [-0.2, 0) is 9.84 Å². The van der Waals surface area contributed by atoms with Gasteiger partial charge >= 0.3 is 0 Å². The maximum atomic E-state index is 11.6. The minimum Gasteiger partial charge on any atom is -0.284 e. The van der Waals surface area contributed by atoms with Crippen LogP contribution in [0.2, 0.25) is 0 Å². The molecule has 104 valence electrons. The molecule has 3 rings (SSSR count). The summed E-state index contributed by atoms with van der Waals surface area (Å²) in [6.45, 7) is 0.838. The summed E-state index contributed by atoms with van der Waals surface area (Å²) in [5.74, 6) is 0.491. The van der Waals surface area contributed by atoms with Crippen molar-refractivity contribution >= 4 is 21.4 Å². The second kappa shape index (κ2) is 4.57. The first-order valence-electron chi connectivity index (χ1n) is 6.33. The molecule has 0 amide bonds. The molecule has 5 unspecified atom stereocenters. The van der Waals surface area contributed by atoms with Crippen molar-refractivity contribution in [3.8, 4) is 0 Å². The minimum absolute atomic E-state index is 0.144. The summed E-state index contributed by atoms with van der Waals surface area (Å²) in [6.07, 6.45) is 4.41. The van der Waals surface area contributed by atoms with Crippen molar-refractivity contribution in [3.05, 3.63) is 0 Å². The molecule has 3 aliphatic rings. The van der Waals surface area contributed by atoms with E-state index in [4.69, 9.17) is 11.6 Å². The highest BCUT2D eigenvalue weighted by atomic mass is 35.5. The lowest BCUT2D eigenvalue weighted by Gasteiger charge is -2.45. The summed E-state index contributed by atoms with van der Waals surface area (Å²) < 4.78 is 23.1. The molecular weight excluding hydrogens is 276 g/mol. The van der Waals surface area contributed by atoms with E-state index < -0.39 is 15.3 Å². The molecule has 8 heteroatoms. The predicted octanol–water partition coefficient (Wildman–Crippen LogP) is -0.613. The highest BCUT2D eigenvalue weighted by molar-refractivity contribution is 7.91. The average molecular weight is 295 g/mol. The van der Waals surface area contributed by atoms with Gasteiger partial charge in [0.25, 0.3) is 0 Å². The van der Waals surface area contributed by atoms with Crippen LogP contribution in [0.5, 0.6) is 0 Å². The largest absolute Gasteiger partial charge is 0.284 e. The van der Waals surface area contributed by atoms with Gasteiger partial charge in [-0.25, -0.2) is 18.9 Å². The van der Waals surface area contributed by atoms with E-state index in [1.807, 2.05) is 5.01 Å². The normalized spacial score (nSPS) is 45.6. The number of alkyl halides is 1. The van der Waals surface area contributed by atoms with Gasteiger partial charge in [-0.05, 0) is 18.8 Å². The number of hydrogen-bond donors (Lipinski definition) is 3. The molecule has 2 heterocycles. The number of rotatable bonds is 1. The highest BCUT2D eigenvalue weighted by Crippen LogP contribution is 2.32. The lowest BCUT2D eigenvalue weighted by atomic mass is 9.83. The fraction of sp³-hybridized carbons (Fsp3) is 1.00. The van der Waals surface area contributed by atoms with Crippen molar-refractivity contribution < 1.29 is 8.42 Å². The molecule has 0 aromatic carbocycles. The van der Waals surface area contributed by atoms with E-state index in [0.717, 1.165) is 25.8 Å². The Hall–Kier alpha value is 0.0800. The molecule has 3 fully saturated rings. The molecule has 2 saturated heterocycles. The van der Waals surface area contributed by atoms with Crippen molar-refractivity contribution in [2.75, 3.05) is 12.8 Å². The Kier molecular flexibility index (Phi) is 3.32. The molecular formula is C10H19ClN4O2S. The first kappa shape index (κ1) is 13.1. The van der Waals surface area contributed by atoms with Gasteiger partial charge in [0.15, 0.2) is 15.3 Å². The zero-order valence-corrected chi connectivity index (χ0v) is 11.8. The van der Waals surface area contributed by atoms with Crippen LogP contribution in [0, 0.1) is 5.92 Å². The maximum absolute atomic E-state index is 11.6. The van der Waals surface area contributed by atoms with Crippen LogP contribution in [0.3, 0.4) is 0 Å². The van der Waals surface area contributed by atoms with Crippen LogP contribution < -0.4 is 16.1 Å². The highest BCUT2D eigenvalue weighted by Gasteiger charge is 2.45. The summed E-state index contributed by atoms with van der Waals surface area (Å²) in [4.78, 5) is 0. The zero-order valence-electron chi connectivity index (χ0n) is 10.3. The van der Waals surface area contributed by atoms with E-state index in [1.54, 1.807) is 0 Å². The number of hydrogen-bond acceptors (Lipinski definition) is 6. The predicted molar refractivity (Wildman–Crippen MR) is 69.3 cm³/mol. The summed E-state index contributed by atoms with van der Waals surface area (Å²) in [7, 11) is -3.14. The lowest BCUT2D eigenvalue weighted by Crippen LogP contribution is -2.65. The van der Waals surface area contributed by atoms with Gasteiger partial charge in [0.2, 0.25) is 0 Å². The SMILES string of the molecule is CS(=O)(=O)C1NC2NC3C(Cl)CCCC3CN2N1. The van der Waals surface area contributed by atoms with Gasteiger partial charge in [0.05, 0.1) is 0 Å². The van der Waals surface area contributed by atoms with Gasteiger partial charge in [-0.2, -0.15) is 0 Å². The Morgan fingerprint density at radius 3 is 2.78 bits per heavy atom. The molecule has 0 radical (unpaired) electrons. The van der Waals surface area contributed by atoms with E-state index >= 15 is 0 Å². The molecule has 0 aromatic rings. The topological polar surface area (TPSA) is 73.5 Å². The van der Waals surface area contributed by atoms with Crippen LogP contribution >= 0.6 is 11.6 Å². The summed E-state index contributed by atoms with van der Waals surface area (Å²) in [6, 6.07) is 0.272. The molecule has 5 atom stereocenters. The van der Waals surface area contributed by atoms with Gasteiger partial charge in [-0.1, -0.05) is 6.42 Å². The van der Waals surface area contributed by atoms with E-state index in [-0.39, 0.29) is 17.7 Å². The molecule has 1 saturated carbocycles. The summed E-state index contributed by atoms with van der Waals surface area (Å²) >= 11 is 6.36. The van der Waals surface area contributed by atoms with Crippen molar-refractivity contribution in [1.82, 2.24) is 21.1 Å². The van der Waals surface area contributed by atoms with Crippen molar-refractivity contribution in [2.45, 2.75) is 42.5 Å². The van der Waals surface area contributed by atoms with Crippen molar-refractivity contribution in [2.24, 2.45) is 5.92 Å². The Morgan fingerprint density at radius 2 is 2.06 bits per heavy atom. The fourth-order valence-electron chi connectivity index (χ4n) is 3.12. The second-order valence-corrected chi connectivity index (χ2v) is 8.15. The van der Waals surface area contributed by atoms with E-state index in [9.17, 15) is 8.42 Å². The van der Waals surface area contributed by atoms with Gasteiger partial charge in [-0.15, -0.1) is 11.6 Å².